The van der Waals surface area contributed by atoms with Crippen LogP contribution < -0.4 is 0 Å². The number of likely N-dealkylation sites (tertiary alicyclic amines) is 1. The first-order chi connectivity index (χ1) is 7.11. The maximum Gasteiger partial charge on any atom is 0.00407 e. The summed E-state index contributed by atoms with van der Waals surface area (Å²) in [6, 6.07) is 0.751. The third-order valence-corrected chi connectivity index (χ3v) is 4.76. The molecule has 0 aromatic heterocycles. The van der Waals surface area contributed by atoms with Crippen LogP contribution >= 0.6 is 0 Å². The van der Waals surface area contributed by atoms with E-state index in [1.54, 1.807) is 0 Å². The molecule has 2 rings (SSSR count). The Morgan fingerprint density at radius 3 is 2.40 bits per heavy atom. The smallest absolute Gasteiger partial charge is 0.00407 e. The van der Waals surface area contributed by atoms with Gasteiger partial charge in [-0.3, -0.25) is 0 Å². The Kier molecular flexibility index (Phi) is 3.39. The molecule has 1 saturated heterocycles. The summed E-state index contributed by atoms with van der Waals surface area (Å²) in [5.41, 5.74) is 0.717. The van der Waals surface area contributed by atoms with Crippen molar-refractivity contribution >= 4 is 0 Å². The first-order valence-corrected chi connectivity index (χ1v) is 6.85. The van der Waals surface area contributed by atoms with Crippen molar-refractivity contribution in [3.8, 4) is 0 Å². The third-order valence-electron chi connectivity index (χ3n) is 4.76. The van der Waals surface area contributed by atoms with E-state index in [2.05, 4.69) is 25.7 Å². The second-order valence-corrected chi connectivity index (χ2v) is 6.35. The molecule has 0 bridgehead atoms. The summed E-state index contributed by atoms with van der Waals surface area (Å²) in [7, 11) is 0. The topological polar surface area (TPSA) is 3.24 Å². The number of hydrogen-bond donors (Lipinski definition) is 0. The summed E-state index contributed by atoms with van der Waals surface area (Å²) in [4.78, 5) is 2.71. The highest BCUT2D eigenvalue weighted by molar-refractivity contribution is 4.91. The van der Waals surface area contributed by atoms with Gasteiger partial charge in [0.25, 0.3) is 0 Å². The monoisotopic (exact) mass is 209 g/mol. The molecule has 2 fully saturated rings. The molecule has 0 N–H and O–H groups in total. The van der Waals surface area contributed by atoms with E-state index in [-0.39, 0.29) is 0 Å². The van der Waals surface area contributed by atoms with E-state index in [1.165, 1.54) is 51.6 Å². The van der Waals surface area contributed by atoms with Gasteiger partial charge < -0.3 is 4.90 Å². The van der Waals surface area contributed by atoms with Crippen LogP contribution in [-0.4, -0.2) is 24.0 Å². The van der Waals surface area contributed by atoms with Gasteiger partial charge in [0.2, 0.25) is 0 Å². The predicted molar refractivity (Wildman–Crippen MR) is 66.0 cm³/mol. The summed E-state index contributed by atoms with van der Waals surface area (Å²) in [6.07, 6.45) is 8.89. The van der Waals surface area contributed by atoms with Gasteiger partial charge in [-0.05, 0) is 57.4 Å². The van der Waals surface area contributed by atoms with Gasteiger partial charge in [0.1, 0.15) is 0 Å². The van der Waals surface area contributed by atoms with Gasteiger partial charge in [-0.1, -0.05) is 19.8 Å². The molecule has 0 radical (unpaired) electrons. The average Bonchev–Trinajstić information content (AvgIpc) is 2.23. The van der Waals surface area contributed by atoms with Crippen LogP contribution in [0, 0.1) is 11.3 Å². The van der Waals surface area contributed by atoms with Crippen LogP contribution in [0.3, 0.4) is 0 Å². The normalized spacial score (nSPS) is 38.8. The molecule has 1 nitrogen and oxygen atoms in total. The van der Waals surface area contributed by atoms with Crippen molar-refractivity contribution in [2.75, 3.05) is 13.1 Å². The molecule has 1 heteroatoms. The molecule has 2 aliphatic rings. The molecule has 1 aliphatic carbocycles. The molecular weight excluding hydrogens is 182 g/mol. The standard InChI is InChI=1S/C14H27N/c1-12(2)15-10-4-7-14(11-15)8-5-13(3)6-9-14/h12-13H,4-11H2,1-3H3. The summed E-state index contributed by atoms with van der Waals surface area (Å²) in [5, 5.41) is 0. The first-order valence-electron chi connectivity index (χ1n) is 6.85. The van der Waals surface area contributed by atoms with E-state index >= 15 is 0 Å². The zero-order chi connectivity index (χ0) is 10.9. The minimum atomic E-state index is 0.717. The number of piperidine rings is 1. The lowest BCUT2D eigenvalue weighted by Gasteiger charge is -2.47. The van der Waals surface area contributed by atoms with E-state index in [1.807, 2.05) is 0 Å². The van der Waals surface area contributed by atoms with E-state index in [4.69, 9.17) is 0 Å². The molecule has 15 heavy (non-hydrogen) atoms. The lowest BCUT2D eigenvalue weighted by molar-refractivity contribution is 0.0266. The van der Waals surface area contributed by atoms with Crippen molar-refractivity contribution in [3.05, 3.63) is 0 Å². The van der Waals surface area contributed by atoms with Crippen LogP contribution in [0.25, 0.3) is 0 Å². The Morgan fingerprint density at radius 2 is 1.80 bits per heavy atom. The van der Waals surface area contributed by atoms with Crippen molar-refractivity contribution in [3.63, 3.8) is 0 Å². The molecule has 1 heterocycles. The van der Waals surface area contributed by atoms with Crippen molar-refractivity contribution in [2.24, 2.45) is 11.3 Å². The lowest BCUT2D eigenvalue weighted by atomic mass is 9.66. The Hall–Kier alpha value is -0.0400. The Balaban J connectivity index is 1.96. The van der Waals surface area contributed by atoms with Gasteiger partial charge in [-0.15, -0.1) is 0 Å². The first kappa shape index (κ1) is 11.4. The van der Waals surface area contributed by atoms with Gasteiger partial charge in [-0.2, -0.15) is 0 Å². The SMILES string of the molecule is CC1CCC2(CCCN(C(C)C)C2)CC1. The number of rotatable bonds is 1. The average molecular weight is 209 g/mol. The minimum Gasteiger partial charge on any atom is -0.300 e. The van der Waals surface area contributed by atoms with Crippen molar-refractivity contribution in [1.82, 2.24) is 4.90 Å². The largest absolute Gasteiger partial charge is 0.300 e. The Bertz CT molecular complexity index is 201. The highest BCUT2D eigenvalue weighted by Crippen LogP contribution is 2.45. The molecule has 0 aromatic rings. The highest BCUT2D eigenvalue weighted by Gasteiger charge is 2.38. The van der Waals surface area contributed by atoms with Crippen LogP contribution in [-0.2, 0) is 0 Å². The molecule has 0 amide bonds. The van der Waals surface area contributed by atoms with E-state index in [0.717, 1.165) is 17.4 Å². The van der Waals surface area contributed by atoms with Gasteiger partial charge in [0.05, 0.1) is 0 Å². The lowest BCUT2D eigenvalue weighted by Crippen LogP contribution is -2.47. The summed E-state index contributed by atoms with van der Waals surface area (Å²) in [6.45, 7) is 9.86. The molecule has 1 aliphatic heterocycles. The molecule has 0 atom stereocenters. The van der Waals surface area contributed by atoms with Crippen LogP contribution in [0.1, 0.15) is 59.3 Å². The van der Waals surface area contributed by atoms with Gasteiger partial charge in [-0.25, -0.2) is 0 Å². The van der Waals surface area contributed by atoms with Gasteiger partial charge >= 0.3 is 0 Å². The minimum absolute atomic E-state index is 0.717. The third kappa shape index (κ3) is 2.55. The summed E-state index contributed by atoms with van der Waals surface area (Å²) >= 11 is 0. The fraction of sp³-hybridized carbons (Fsp3) is 1.00. The predicted octanol–water partition coefficient (Wildman–Crippen LogP) is 3.69. The van der Waals surface area contributed by atoms with Crippen LogP contribution in [0.15, 0.2) is 0 Å². The maximum absolute atomic E-state index is 2.71. The quantitative estimate of drug-likeness (QED) is 0.636. The zero-order valence-corrected chi connectivity index (χ0v) is 10.8. The second-order valence-electron chi connectivity index (χ2n) is 6.35. The van der Waals surface area contributed by atoms with Crippen LogP contribution in [0.2, 0.25) is 0 Å². The van der Waals surface area contributed by atoms with E-state index in [9.17, 15) is 0 Å². The maximum atomic E-state index is 2.71. The van der Waals surface area contributed by atoms with E-state index < -0.39 is 0 Å². The van der Waals surface area contributed by atoms with Crippen molar-refractivity contribution in [1.29, 1.82) is 0 Å². The van der Waals surface area contributed by atoms with E-state index in [0.29, 0.717) is 0 Å². The molecule has 0 aromatic carbocycles. The van der Waals surface area contributed by atoms with Crippen LogP contribution in [0.4, 0.5) is 0 Å². The van der Waals surface area contributed by atoms with Crippen molar-refractivity contribution in [2.45, 2.75) is 65.3 Å². The Morgan fingerprint density at radius 1 is 1.13 bits per heavy atom. The molecule has 1 spiro atoms. The second kappa shape index (κ2) is 4.45. The Labute approximate surface area is 95.2 Å². The number of hydrogen-bond acceptors (Lipinski definition) is 1. The molecule has 1 saturated carbocycles. The number of nitrogens with zero attached hydrogens (tertiary/aromatic N) is 1. The fourth-order valence-electron chi connectivity index (χ4n) is 3.47. The molecular formula is C14H27N. The van der Waals surface area contributed by atoms with Gasteiger partial charge in [0.15, 0.2) is 0 Å². The summed E-state index contributed by atoms with van der Waals surface area (Å²) < 4.78 is 0. The zero-order valence-electron chi connectivity index (χ0n) is 10.8. The van der Waals surface area contributed by atoms with Crippen molar-refractivity contribution < 1.29 is 0 Å². The molecule has 0 unspecified atom stereocenters. The fourth-order valence-corrected chi connectivity index (χ4v) is 3.47. The summed E-state index contributed by atoms with van der Waals surface area (Å²) in [5.74, 6) is 0.991. The molecule has 88 valence electrons. The van der Waals surface area contributed by atoms with Crippen LogP contribution in [0.5, 0.6) is 0 Å². The van der Waals surface area contributed by atoms with Gasteiger partial charge in [0, 0.05) is 12.6 Å². The highest BCUT2D eigenvalue weighted by atomic mass is 15.2.